The fraction of sp³-hybridized carbons (Fsp3) is 0.583. The van der Waals surface area contributed by atoms with Gasteiger partial charge in [-0.05, 0) is 21.0 Å². The zero-order valence-electron chi connectivity index (χ0n) is 10.6. The van der Waals surface area contributed by atoms with Gasteiger partial charge in [0.2, 0.25) is 0 Å². The number of likely N-dealkylation sites (N-methyl/N-ethyl adjacent to an activating group) is 2. The number of nitrogens with one attached hydrogen (secondary N) is 1. The molecule has 16 heavy (non-hydrogen) atoms. The van der Waals surface area contributed by atoms with E-state index in [-0.39, 0.29) is 0 Å². The van der Waals surface area contributed by atoms with Gasteiger partial charge in [0.1, 0.15) is 5.75 Å². The molecule has 1 heterocycles. The van der Waals surface area contributed by atoms with Crippen LogP contribution >= 0.6 is 0 Å². The van der Waals surface area contributed by atoms with E-state index in [4.69, 9.17) is 4.74 Å². The molecule has 90 valence electrons. The Hall–Kier alpha value is -1.13. The largest absolute Gasteiger partial charge is 0.497 e. The van der Waals surface area contributed by atoms with Crippen molar-refractivity contribution in [1.82, 2.24) is 15.2 Å². The van der Waals surface area contributed by atoms with Crippen molar-refractivity contribution < 1.29 is 4.74 Å². The van der Waals surface area contributed by atoms with Crippen LogP contribution in [0, 0.1) is 6.92 Å². The van der Waals surface area contributed by atoms with E-state index in [0.717, 1.165) is 36.8 Å². The highest BCUT2D eigenvalue weighted by atomic mass is 16.5. The van der Waals surface area contributed by atoms with Crippen molar-refractivity contribution in [1.29, 1.82) is 0 Å². The Morgan fingerprint density at radius 1 is 1.44 bits per heavy atom. The minimum Gasteiger partial charge on any atom is -0.497 e. The predicted molar refractivity (Wildman–Crippen MR) is 65.8 cm³/mol. The first-order chi connectivity index (χ1) is 7.65. The van der Waals surface area contributed by atoms with Crippen LogP contribution in [0.1, 0.15) is 11.4 Å². The van der Waals surface area contributed by atoms with E-state index in [1.54, 1.807) is 7.11 Å². The number of methoxy groups -OCH3 is 1. The molecule has 0 aromatic carbocycles. The summed E-state index contributed by atoms with van der Waals surface area (Å²) in [6, 6.07) is 3.93. The summed E-state index contributed by atoms with van der Waals surface area (Å²) in [6.07, 6.45) is 0. The molecule has 0 amide bonds. The van der Waals surface area contributed by atoms with E-state index in [1.165, 1.54) is 0 Å². The molecule has 1 rings (SSSR count). The molecule has 0 saturated heterocycles. The van der Waals surface area contributed by atoms with Gasteiger partial charge in [-0.3, -0.25) is 9.88 Å². The van der Waals surface area contributed by atoms with Crippen molar-refractivity contribution in [3.8, 4) is 5.75 Å². The molecule has 1 aromatic rings. The molecule has 0 aliphatic heterocycles. The first-order valence-electron chi connectivity index (χ1n) is 5.50. The van der Waals surface area contributed by atoms with Crippen LogP contribution in [0.15, 0.2) is 12.1 Å². The van der Waals surface area contributed by atoms with E-state index in [2.05, 4.69) is 22.2 Å². The smallest absolute Gasteiger partial charge is 0.122 e. The Balaban J connectivity index is 2.61. The first-order valence-corrected chi connectivity index (χ1v) is 5.50. The number of ether oxygens (including phenoxy) is 1. The van der Waals surface area contributed by atoms with E-state index >= 15 is 0 Å². The third-order valence-electron chi connectivity index (χ3n) is 2.39. The Bertz CT molecular complexity index is 328. The van der Waals surface area contributed by atoms with Gasteiger partial charge in [0.15, 0.2) is 0 Å². The molecule has 0 spiro atoms. The van der Waals surface area contributed by atoms with Gasteiger partial charge in [0.25, 0.3) is 0 Å². The fourth-order valence-corrected chi connectivity index (χ4v) is 1.56. The first kappa shape index (κ1) is 12.9. The molecule has 0 fully saturated rings. The lowest BCUT2D eigenvalue weighted by Gasteiger charge is -2.16. The second kappa shape index (κ2) is 6.45. The summed E-state index contributed by atoms with van der Waals surface area (Å²) in [6.45, 7) is 4.83. The molecule has 0 radical (unpaired) electrons. The maximum Gasteiger partial charge on any atom is 0.122 e. The van der Waals surface area contributed by atoms with Gasteiger partial charge in [-0.25, -0.2) is 0 Å². The summed E-state index contributed by atoms with van der Waals surface area (Å²) in [4.78, 5) is 6.72. The number of nitrogens with zero attached hydrogens (tertiary/aromatic N) is 2. The number of aromatic nitrogens is 1. The molecule has 0 bridgehead atoms. The topological polar surface area (TPSA) is 37.4 Å². The fourth-order valence-electron chi connectivity index (χ4n) is 1.56. The number of hydrogen-bond donors (Lipinski definition) is 1. The van der Waals surface area contributed by atoms with Crippen molar-refractivity contribution in [2.75, 3.05) is 34.3 Å². The third-order valence-corrected chi connectivity index (χ3v) is 2.39. The second-order valence-corrected chi connectivity index (χ2v) is 3.98. The van der Waals surface area contributed by atoms with E-state index in [1.807, 2.05) is 26.1 Å². The normalized spacial score (nSPS) is 10.8. The summed E-state index contributed by atoms with van der Waals surface area (Å²) < 4.78 is 5.23. The maximum absolute atomic E-state index is 5.23. The van der Waals surface area contributed by atoms with Crippen LogP contribution in [0.4, 0.5) is 0 Å². The molecule has 0 aliphatic rings. The highest BCUT2D eigenvalue weighted by Gasteiger charge is 2.04. The van der Waals surface area contributed by atoms with Crippen LogP contribution in [0.2, 0.25) is 0 Å². The van der Waals surface area contributed by atoms with Crippen molar-refractivity contribution in [3.63, 3.8) is 0 Å². The average molecular weight is 223 g/mol. The highest BCUT2D eigenvalue weighted by molar-refractivity contribution is 5.26. The molecule has 0 atom stereocenters. The van der Waals surface area contributed by atoms with E-state index < -0.39 is 0 Å². The zero-order chi connectivity index (χ0) is 12.0. The molecule has 4 heteroatoms. The summed E-state index contributed by atoms with van der Waals surface area (Å²) in [5.41, 5.74) is 2.05. The monoisotopic (exact) mass is 223 g/mol. The zero-order valence-corrected chi connectivity index (χ0v) is 10.6. The molecule has 0 saturated carbocycles. The lowest BCUT2D eigenvalue weighted by Crippen LogP contribution is -2.27. The van der Waals surface area contributed by atoms with E-state index in [9.17, 15) is 0 Å². The lowest BCUT2D eigenvalue weighted by atomic mass is 10.3. The molecule has 0 unspecified atom stereocenters. The van der Waals surface area contributed by atoms with Crippen LogP contribution in [-0.2, 0) is 6.54 Å². The number of aryl methyl sites for hydroxylation is 1. The van der Waals surface area contributed by atoms with Crippen LogP contribution < -0.4 is 10.1 Å². The van der Waals surface area contributed by atoms with Gasteiger partial charge in [0, 0.05) is 37.5 Å². The van der Waals surface area contributed by atoms with Gasteiger partial charge >= 0.3 is 0 Å². The molecule has 4 nitrogen and oxygen atoms in total. The number of pyridine rings is 1. The minimum absolute atomic E-state index is 0.847. The van der Waals surface area contributed by atoms with Gasteiger partial charge in [-0.2, -0.15) is 0 Å². The summed E-state index contributed by atoms with van der Waals surface area (Å²) in [7, 11) is 5.74. The Morgan fingerprint density at radius 2 is 2.19 bits per heavy atom. The Morgan fingerprint density at radius 3 is 2.81 bits per heavy atom. The third kappa shape index (κ3) is 4.16. The molecule has 1 aromatic heterocycles. The Labute approximate surface area is 97.6 Å². The minimum atomic E-state index is 0.847. The summed E-state index contributed by atoms with van der Waals surface area (Å²) in [5.74, 6) is 0.879. The standard InChI is InChI=1S/C12H21N3O/c1-10-7-12(16-4)8-11(14-10)9-15(3)6-5-13-2/h7-8,13H,5-6,9H2,1-4H3. The average Bonchev–Trinajstić information content (AvgIpc) is 2.25. The van der Waals surface area contributed by atoms with Gasteiger partial charge in [-0.15, -0.1) is 0 Å². The van der Waals surface area contributed by atoms with Crippen molar-refractivity contribution in [2.24, 2.45) is 0 Å². The van der Waals surface area contributed by atoms with Gasteiger partial charge < -0.3 is 10.1 Å². The summed E-state index contributed by atoms with van der Waals surface area (Å²) >= 11 is 0. The van der Waals surface area contributed by atoms with Gasteiger partial charge in [-0.1, -0.05) is 0 Å². The van der Waals surface area contributed by atoms with Crippen LogP contribution in [0.5, 0.6) is 5.75 Å². The van der Waals surface area contributed by atoms with Crippen molar-refractivity contribution >= 4 is 0 Å². The molecular weight excluding hydrogens is 202 g/mol. The van der Waals surface area contributed by atoms with E-state index in [0.29, 0.717) is 0 Å². The molecule has 1 N–H and O–H groups in total. The van der Waals surface area contributed by atoms with Crippen LogP contribution in [0.3, 0.4) is 0 Å². The van der Waals surface area contributed by atoms with Crippen LogP contribution in [0.25, 0.3) is 0 Å². The number of hydrogen-bond acceptors (Lipinski definition) is 4. The quantitative estimate of drug-likeness (QED) is 0.782. The van der Waals surface area contributed by atoms with Crippen LogP contribution in [-0.4, -0.2) is 44.2 Å². The SMILES string of the molecule is CNCCN(C)Cc1cc(OC)cc(C)n1. The Kier molecular flexibility index (Phi) is 5.22. The van der Waals surface area contributed by atoms with Gasteiger partial charge in [0.05, 0.1) is 12.8 Å². The molecular formula is C12H21N3O. The second-order valence-electron chi connectivity index (χ2n) is 3.98. The number of rotatable bonds is 6. The van der Waals surface area contributed by atoms with Crippen molar-refractivity contribution in [2.45, 2.75) is 13.5 Å². The van der Waals surface area contributed by atoms with Crippen molar-refractivity contribution in [3.05, 3.63) is 23.5 Å². The summed E-state index contributed by atoms with van der Waals surface area (Å²) in [5, 5.41) is 3.13. The molecule has 0 aliphatic carbocycles. The maximum atomic E-state index is 5.23. The predicted octanol–water partition coefficient (Wildman–Crippen LogP) is 1.05. The lowest BCUT2D eigenvalue weighted by molar-refractivity contribution is 0.323. The highest BCUT2D eigenvalue weighted by Crippen LogP contribution is 2.14.